The molecule has 0 saturated carbocycles. The van der Waals surface area contributed by atoms with Crippen LogP contribution in [0.2, 0.25) is 0 Å². The SMILES string of the molecule is CCOC(=O)[C@H]1C(c2ccccc2)=NO[C@@H]1C(=O)N1C(=O)CC(C)(C)N1Cc1ccccc1. The Kier molecular flexibility index (Phi) is 6.29. The van der Waals surface area contributed by atoms with Gasteiger partial charge in [-0.25, -0.2) is 10.0 Å². The predicted molar refractivity (Wildman–Crippen MR) is 121 cm³/mol. The Morgan fingerprint density at radius 2 is 1.73 bits per heavy atom. The van der Waals surface area contributed by atoms with Gasteiger partial charge in [-0.05, 0) is 26.3 Å². The van der Waals surface area contributed by atoms with E-state index in [1.54, 1.807) is 24.1 Å². The van der Waals surface area contributed by atoms with Crippen LogP contribution in [0.15, 0.2) is 65.8 Å². The zero-order chi connectivity index (χ0) is 23.6. The molecule has 0 unspecified atom stereocenters. The zero-order valence-electron chi connectivity index (χ0n) is 18.9. The van der Waals surface area contributed by atoms with Crippen molar-refractivity contribution in [1.82, 2.24) is 10.0 Å². The molecular weight excluding hydrogens is 422 g/mol. The van der Waals surface area contributed by atoms with E-state index >= 15 is 0 Å². The molecule has 33 heavy (non-hydrogen) atoms. The maximum atomic E-state index is 13.7. The topological polar surface area (TPSA) is 88.5 Å². The van der Waals surface area contributed by atoms with Gasteiger partial charge in [0.1, 0.15) is 5.71 Å². The van der Waals surface area contributed by atoms with Gasteiger partial charge in [0, 0.05) is 24.1 Å². The molecule has 0 radical (unpaired) electrons. The lowest BCUT2D eigenvalue weighted by molar-refractivity contribution is -0.174. The first-order chi connectivity index (χ1) is 15.8. The maximum Gasteiger partial charge on any atom is 0.319 e. The summed E-state index contributed by atoms with van der Waals surface area (Å²) in [6.07, 6.45) is -1.13. The first-order valence-electron chi connectivity index (χ1n) is 11.0. The summed E-state index contributed by atoms with van der Waals surface area (Å²) in [6, 6.07) is 18.6. The molecule has 2 aliphatic heterocycles. The second kappa shape index (κ2) is 9.15. The van der Waals surface area contributed by atoms with Gasteiger partial charge in [0.25, 0.3) is 5.91 Å². The van der Waals surface area contributed by atoms with Crippen LogP contribution in [0, 0.1) is 5.92 Å². The second-order valence-corrected chi connectivity index (χ2v) is 8.67. The van der Waals surface area contributed by atoms with Gasteiger partial charge in [-0.2, -0.15) is 0 Å². The van der Waals surface area contributed by atoms with Crippen molar-refractivity contribution in [3.63, 3.8) is 0 Å². The van der Waals surface area contributed by atoms with Crippen LogP contribution in [0.1, 0.15) is 38.3 Å². The number of hydrogen-bond donors (Lipinski definition) is 0. The second-order valence-electron chi connectivity index (χ2n) is 8.67. The van der Waals surface area contributed by atoms with Gasteiger partial charge in [0.2, 0.25) is 12.0 Å². The molecule has 1 saturated heterocycles. The Morgan fingerprint density at radius 3 is 2.36 bits per heavy atom. The van der Waals surface area contributed by atoms with Gasteiger partial charge in [-0.3, -0.25) is 14.4 Å². The molecule has 0 bridgehead atoms. The number of nitrogens with zero attached hydrogens (tertiary/aromatic N) is 3. The summed E-state index contributed by atoms with van der Waals surface area (Å²) in [6.45, 7) is 6.01. The third kappa shape index (κ3) is 4.39. The van der Waals surface area contributed by atoms with Gasteiger partial charge in [-0.15, -0.1) is 0 Å². The summed E-state index contributed by atoms with van der Waals surface area (Å²) < 4.78 is 5.24. The summed E-state index contributed by atoms with van der Waals surface area (Å²) in [7, 11) is 0. The number of amides is 2. The summed E-state index contributed by atoms with van der Waals surface area (Å²) in [5.74, 6) is -2.67. The van der Waals surface area contributed by atoms with Gasteiger partial charge >= 0.3 is 5.97 Å². The normalized spacial score (nSPS) is 22.1. The molecular formula is C25H27N3O5. The fourth-order valence-electron chi connectivity index (χ4n) is 4.22. The molecule has 8 heteroatoms. The predicted octanol–water partition coefficient (Wildman–Crippen LogP) is 2.92. The van der Waals surface area contributed by atoms with Gasteiger partial charge in [0.15, 0.2) is 5.92 Å². The van der Waals surface area contributed by atoms with Crippen molar-refractivity contribution < 1.29 is 24.0 Å². The lowest BCUT2D eigenvalue weighted by atomic mass is 9.92. The average Bonchev–Trinajstić information content (AvgIpc) is 3.33. The fraction of sp³-hybridized carbons (Fsp3) is 0.360. The number of esters is 1. The van der Waals surface area contributed by atoms with Crippen LogP contribution in [-0.2, 0) is 30.5 Å². The molecule has 2 aliphatic rings. The molecule has 0 spiro atoms. The van der Waals surface area contributed by atoms with Crippen molar-refractivity contribution in [1.29, 1.82) is 0 Å². The standard InChI is InChI=1S/C25H27N3O5/c1-4-32-24(31)20-21(18-13-9-6-10-14-18)26-33-22(20)23(30)28-19(29)15-25(2,3)27(28)16-17-11-7-5-8-12-17/h5-14,20,22H,4,15-16H2,1-3H3/t20-,22-/m0/s1. The van der Waals surface area contributed by atoms with Crippen LogP contribution < -0.4 is 0 Å². The van der Waals surface area contributed by atoms with E-state index in [1.807, 2.05) is 62.4 Å². The van der Waals surface area contributed by atoms with E-state index in [2.05, 4.69) is 5.16 Å². The molecule has 2 heterocycles. The summed E-state index contributed by atoms with van der Waals surface area (Å²) in [5, 5.41) is 6.93. The quantitative estimate of drug-likeness (QED) is 0.498. The number of rotatable bonds is 6. The molecule has 0 N–H and O–H groups in total. The van der Waals surface area contributed by atoms with Crippen LogP contribution >= 0.6 is 0 Å². The third-order valence-corrected chi connectivity index (χ3v) is 5.86. The van der Waals surface area contributed by atoms with Crippen molar-refractivity contribution in [2.45, 2.75) is 45.4 Å². The van der Waals surface area contributed by atoms with E-state index in [0.717, 1.165) is 10.6 Å². The highest BCUT2D eigenvalue weighted by Gasteiger charge is 2.54. The van der Waals surface area contributed by atoms with E-state index in [0.29, 0.717) is 17.8 Å². The van der Waals surface area contributed by atoms with Crippen LogP contribution in [0.3, 0.4) is 0 Å². The molecule has 0 aromatic heterocycles. The van der Waals surface area contributed by atoms with Gasteiger partial charge in [0.05, 0.1) is 6.61 Å². The van der Waals surface area contributed by atoms with E-state index in [1.165, 1.54) is 0 Å². The monoisotopic (exact) mass is 449 g/mol. The fourth-order valence-corrected chi connectivity index (χ4v) is 4.22. The molecule has 8 nitrogen and oxygen atoms in total. The maximum absolute atomic E-state index is 13.7. The Balaban J connectivity index is 1.65. The first kappa shape index (κ1) is 22.7. The highest BCUT2D eigenvalue weighted by Crippen LogP contribution is 2.35. The largest absolute Gasteiger partial charge is 0.465 e. The van der Waals surface area contributed by atoms with Crippen molar-refractivity contribution in [3.8, 4) is 0 Å². The van der Waals surface area contributed by atoms with Crippen LogP contribution in [-0.4, -0.2) is 51.8 Å². The smallest absolute Gasteiger partial charge is 0.319 e. The van der Waals surface area contributed by atoms with Crippen LogP contribution in [0.4, 0.5) is 0 Å². The molecule has 2 atom stereocenters. The molecule has 1 fully saturated rings. The Morgan fingerprint density at radius 1 is 1.09 bits per heavy atom. The van der Waals surface area contributed by atoms with Crippen molar-refractivity contribution in [2.75, 3.05) is 6.61 Å². The number of ether oxygens (including phenoxy) is 1. The number of oxime groups is 1. The van der Waals surface area contributed by atoms with Crippen LogP contribution in [0.5, 0.6) is 0 Å². The molecule has 2 aromatic carbocycles. The zero-order valence-corrected chi connectivity index (χ0v) is 18.9. The first-order valence-corrected chi connectivity index (χ1v) is 11.0. The Hall–Kier alpha value is -3.52. The average molecular weight is 450 g/mol. The van der Waals surface area contributed by atoms with E-state index < -0.39 is 29.4 Å². The number of carbonyl (C=O) groups excluding carboxylic acids is 3. The van der Waals surface area contributed by atoms with Crippen molar-refractivity contribution in [3.05, 3.63) is 71.8 Å². The summed E-state index contributed by atoms with van der Waals surface area (Å²) in [5.41, 5.74) is 1.32. The summed E-state index contributed by atoms with van der Waals surface area (Å²) >= 11 is 0. The number of hydrazine groups is 1. The minimum absolute atomic E-state index is 0.147. The van der Waals surface area contributed by atoms with E-state index in [4.69, 9.17) is 9.57 Å². The van der Waals surface area contributed by atoms with Gasteiger partial charge < -0.3 is 9.57 Å². The number of imide groups is 1. The third-order valence-electron chi connectivity index (χ3n) is 5.86. The highest BCUT2D eigenvalue weighted by molar-refractivity contribution is 6.16. The molecule has 2 amide bonds. The summed E-state index contributed by atoms with van der Waals surface area (Å²) in [4.78, 5) is 45.1. The highest BCUT2D eigenvalue weighted by atomic mass is 16.7. The van der Waals surface area contributed by atoms with E-state index in [9.17, 15) is 14.4 Å². The number of benzene rings is 2. The number of carbonyl (C=O) groups is 3. The minimum Gasteiger partial charge on any atom is -0.465 e. The van der Waals surface area contributed by atoms with Crippen LogP contribution in [0.25, 0.3) is 0 Å². The van der Waals surface area contributed by atoms with Gasteiger partial charge in [-0.1, -0.05) is 65.8 Å². The Bertz CT molecular complexity index is 1070. The Labute approximate surface area is 192 Å². The lowest BCUT2D eigenvalue weighted by Crippen LogP contribution is -2.54. The van der Waals surface area contributed by atoms with Crippen molar-refractivity contribution >= 4 is 23.5 Å². The minimum atomic E-state index is -1.30. The molecule has 0 aliphatic carbocycles. The lowest BCUT2D eigenvalue weighted by Gasteiger charge is -2.36. The molecule has 172 valence electrons. The van der Waals surface area contributed by atoms with E-state index in [-0.39, 0.29) is 18.9 Å². The van der Waals surface area contributed by atoms with Crippen molar-refractivity contribution in [2.24, 2.45) is 11.1 Å². The molecule has 4 rings (SSSR count). The molecule has 2 aromatic rings. The number of hydrogen-bond acceptors (Lipinski definition) is 7.